The molecule has 32 heavy (non-hydrogen) atoms. The Morgan fingerprint density at radius 1 is 1.06 bits per heavy atom. The van der Waals surface area contributed by atoms with Crippen LogP contribution in [-0.2, 0) is 17.8 Å². The van der Waals surface area contributed by atoms with Crippen molar-refractivity contribution in [2.45, 2.75) is 70.0 Å². The largest absolute Gasteiger partial charge is 0.484 e. The van der Waals surface area contributed by atoms with E-state index in [0.29, 0.717) is 24.2 Å². The molecule has 1 saturated carbocycles. The number of nitrogens with one attached hydrogen (secondary N) is 1. The van der Waals surface area contributed by atoms with Crippen molar-refractivity contribution in [2.24, 2.45) is 0 Å². The summed E-state index contributed by atoms with van der Waals surface area (Å²) in [7, 11) is 0. The Morgan fingerprint density at radius 3 is 2.66 bits per heavy atom. The molecule has 1 amide bonds. The number of hydrogen-bond acceptors (Lipinski definition) is 5. The number of nitrogens with zero attached hydrogens (tertiary/aromatic N) is 3. The summed E-state index contributed by atoms with van der Waals surface area (Å²) in [6.45, 7) is 2.34. The highest BCUT2D eigenvalue weighted by molar-refractivity contribution is 5.78. The lowest BCUT2D eigenvalue weighted by atomic mass is 9.99. The van der Waals surface area contributed by atoms with Gasteiger partial charge in [-0.25, -0.2) is 4.98 Å². The molecule has 0 bridgehead atoms. The van der Waals surface area contributed by atoms with Crippen LogP contribution in [0.3, 0.4) is 0 Å². The lowest BCUT2D eigenvalue weighted by Gasteiger charge is -2.36. The van der Waals surface area contributed by atoms with Crippen molar-refractivity contribution in [3.8, 4) is 5.75 Å². The Balaban J connectivity index is 1.34. The van der Waals surface area contributed by atoms with Gasteiger partial charge in [0.15, 0.2) is 6.61 Å². The van der Waals surface area contributed by atoms with Gasteiger partial charge in [0.1, 0.15) is 11.6 Å². The van der Waals surface area contributed by atoms with E-state index in [2.05, 4.69) is 9.88 Å². The predicted molar refractivity (Wildman–Crippen MR) is 121 cm³/mol. The van der Waals surface area contributed by atoms with Crippen LogP contribution in [0.2, 0.25) is 0 Å². The van der Waals surface area contributed by atoms with Crippen LogP contribution < -0.4 is 10.3 Å². The van der Waals surface area contributed by atoms with E-state index in [1.54, 1.807) is 0 Å². The number of rotatable bonds is 5. The second-order valence-electron chi connectivity index (χ2n) is 9.24. The molecule has 1 saturated heterocycles. The van der Waals surface area contributed by atoms with Crippen LogP contribution in [0.15, 0.2) is 35.1 Å². The lowest BCUT2D eigenvalue weighted by molar-refractivity contribution is -0.137. The summed E-state index contributed by atoms with van der Waals surface area (Å²) in [5.74, 6) is 1.25. The van der Waals surface area contributed by atoms with Gasteiger partial charge in [-0.15, -0.1) is 0 Å². The monoisotopic (exact) mass is 436 g/mol. The van der Waals surface area contributed by atoms with Gasteiger partial charge in [-0.2, -0.15) is 0 Å². The topological polar surface area (TPSA) is 78.5 Å². The maximum absolute atomic E-state index is 13.0. The number of H-pyrrole nitrogens is 1. The number of piperidine rings is 1. The predicted octanol–water partition coefficient (Wildman–Crippen LogP) is 3.20. The Kier molecular flexibility index (Phi) is 6.26. The van der Waals surface area contributed by atoms with E-state index in [9.17, 15) is 9.59 Å². The molecule has 5 rings (SSSR count). The van der Waals surface area contributed by atoms with E-state index in [1.807, 2.05) is 35.2 Å². The highest BCUT2D eigenvalue weighted by Crippen LogP contribution is 2.31. The van der Waals surface area contributed by atoms with Gasteiger partial charge in [0.2, 0.25) is 0 Å². The van der Waals surface area contributed by atoms with Crippen molar-refractivity contribution in [3.63, 3.8) is 0 Å². The first-order valence-electron chi connectivity index (χ1n) is 12.0. The van der Waals surface area contributed by atoms with Gasteiger partial charge >= 0.3 is 0 Å². The highest BCUT2D eigenvalue weighted by atomic mass is 16.5. The zero-order chi connectivity index (χ0) is 21.9. The molecule has 2 aromatic rings. The number of likely N-dealkylation sites (tertiary alicyclic amines) is 1. The Bertz CT molecular complexity index is 1000. The fraction of sp³-hybridized carbons (Fsp3) is 0.560. The molecule has 1 aromatic carbocycles. The molecular weight excluding hydrogens is 404 g/mol. The number of carbonyl (C=O) groups is 1. The molecule has 0 radical (unpaired) electrons. The number of benzene rings is 1. The smallest absolute Gasteiger partial charge is 0.261 e. The van der Waals surface area contributed by atoms with Crippen LogP contribution >= 0.6 is 0 Å². The molecule has 3 aliphatic rings. The first-order chi connectivity index (χ1) is 15.7. The summed E-state index contributed by atoms with van der Waals surface area (Å²) in [5, 5.41) is 0. The minimum Gasteiger partial charge on any atom is -0.484 e. The van der Waals surface area contributed by atoms with Gasteiger partial charge in [0.05, 0.1) is 11.7 Å². The number of fused-ring (bicyclic) bond motifs is 1. The zero-order valence-electron chi connectivity index (χ0n) is 18.6. The average molecular weight is 437 g/mol. The van der Waals surface area contributed by atoms with Crippen molar-refractivity contribution in [3.05, 3.63) is 57.8 Å². The molecule has 1 N–H and O–H groups in total. The van der Waals surface area contributed by atoms with Crippen LogP contribution in [0.5, 0.6) is 5.75 Å². The van der Waals surface area contributed by atoms with Gasteiger partial charge < -0.3 is 14.6 Å². The van der Waals surface area contributed by atoms with Crippen molar-refractivity contribution >= 4 is 5.91 Å². The van der Waals surface area contributed by atoms with Gasteiger partial charge in [0.25, 0.3) is 11.5 Å². The summed E-state index contributed by atoms with van der Waals surface area (Å²) < 4.78 is 5.70. The van der Waals surface area contributed by atoms with Gasteiger partial charge in [0, 0.05) is 31.2 Å². The quantitative estimate of drug-likeness (QED) is 0.779. The van der Waals surface area contributed by atoms with E-state index in [0.717, 1.165) is 50.0 Å². The number of carbonyl (C=O) groups excluding carboxylic acids is 1. The summed E-state index contributed by atoms with van der Waals surface area (Å²) >= 11 is 0. The molecule has 1 aromatic heterocycles. The summed E-state index contributed by atoms with van der Waals surface area (Å²) in [6, 6.07) is 9.81. The molecule has 7 heteroatoms. The molecular formula is C25H32N4O3. The van der Waals surface area contributed by atoms with Crippen LogP contribution in [-0.4, -0.2) is 51.4 Å². The second-order valence-corrected chi connectivity index (χ2v) is 9.24. The number of aromatic amines is 1. The first kappa shape index (κ1) is 21.2. The molecule has 2 fully saturated rings. The molecule has 170 valence electrons. The molecule has 1 aliphatic carbocycles. The standard InChI is InChI=1S/C25H32N4O3/c30-23(17-32-19-10-2-1-3-11-19)29-14-7-6-12-22(29)24-26-21-16-28(18-8-4-5-9-18)15-13-20(21)25(31)27-24/h1-3,10-11,18,22H,4-9,12-17H2,(H,26,27,31)/t22-/m1/s1. The SMILES string of the molecule is O=C(COc1ccccc1)N1CCCC[C@@H]1c1nc2c(c(=O)[nH]1)CCN(C1CCCC1)C2. The van der Waals surface area contributed by atoms with E-state index >= 15 is 0 Å². The number of ether oxygens (including phenoxy) is 1. The molecule has 7 nitrogen and oxygen atoms in total. The fourth-order valence-corrected chi connectivity index (χ4v) is 5.48. The van der Waals surface area contributed by atoms with Crippen molar-refractivity contribution in [1.82, 2.24) is 19.8 Å². The minimum absolute atomic E-state index is 0.00879. The van der Waals surface area contributed by atoms with E-state index < -0.39 is 0 Å². The lowest BCUT2D eigenvalue weighted by Crippen LogP contribution is -2.44. The minimum atomic E-state index is -0.199. The van der Waals surface area contributed by atoms with E-state index in [1.165, 1.54) is 25.7 Å². The van der Waals surface area contributed by atoms with E-state index in [-0.39, 0.29) is 24.1 Å². The van der Waals surface area contributed by atoms with Crippen LogP contribution in [0, 0.1) is 0 Å². The van der Waals surface area contributed by atoms with Crippen LogP contribution in [0.1, 0.15) is 68.1 Å². The van der Waals surface area contributed by atoms with Crippen molar-refractivity contribution in [1.29, 1.82) is 0 Å². The maximum atomic E-state index is 13.0. The third kappa shape index (κ3) is 4.44. The van der Waals surface area contributed by atoms with E-state index in [4.69, 9.17) is 9.72 Å². The van der Waals surface area contributed by atoms with Crippen LogP contribution in [0.25, 0.3) is 0 Å². The third-order valence-electron chi connectivity index (χ3n) is 7.21. The van der Waals surface area contributed by atoms with Crippen molar-refractivity contribution < 1.29 is 9.53 Å². The average Bonchev–Trinajstić information content (AvgIpc) is 3.38. The molecule has 0 spiro atoms. The second kappa shape index (κ2) is 9.45. The summed E-state index contributed by atoms with van der Waals surface area (Å²) in [4.78, 5) is 38.2. The van der Waals surface area contributed by atoms with Crippen LogP contribution in [0.4, 0.5) is 0 Å². The number of aromatic nitrogens is 2. The Hall–Kier alpha value is -2.67. The zero-order valence-corrected chi connectivity index (χ0v) is 18.6. The Morgan fingerprint density at radius 2 is 1.84 bits per heavy atom. The summed E-state index contributed by atoms with van der Waals surface area (Å²) in [6.07, 6.45) is 8.63. The molecule has 1 atom stereocenters. The maximum Gasteiger partial charge on any atom is 0.261 e. The summed E-state index contributed by atoms with van der Waals surface area (Å²) in [5.41, 5.74) is 1.69. The molecule has 2 aliphatic heterocycles. The number of hydrogen-bond donors (Lipinski definition) is 1. The number of amides is 1. The van der Waals surface area contributed by atoms with Crippen molar-refractivity contribution in [2.75, 3.05) is 19.7 Å². The van der Waals surface area contributed by atoms with Gasteiger partial charge in [-0.05, 0) is 50.7 Å². The molecule has 3 heterocycles. The fourth-order valence-electron chi connectivity index (χ4n) is 5.48. The Labute approximate surface area is 188 Å². The normalized spacial score (nSPS) is 22.0. The number of para-hydroxylation sites is 1. The van der Waals surface area contributed by atoms with Gasteiger partial charge in [-0.1, -0.05) is 31.0 Å². The molecule has 0 unspecified atom stereocenters. The highest BCUT2D eigenvalue weighted by Gasteiger charge is 2.33. The third-order valence-corrected chi connectivity index (χ3v) is 7.21. The first-order valence-corrected chi connectivity index (χ1v) is 12.0. The van der Waals surface area contributed by atoms with Gasteiger partial charge in [-0.3, -0.25) is 14.5 Å².